The van der Waals surface area contributed by atoms with Crippen LogP contribution in [0.3, 0.4) is 0 Å². The van der Waals surface area contributed by atoms with Crippen molar-refractivity contribution in [2.45, 2.75) is 55.5 Å². The largest absolute Gasteiger partial charge is 0.417 e. The molecular formula is C34H38F6N4O. The van der Waals surface area contributed by atoms with Crippen LogP contribution in [-0.4, -0.2) is 56.1 Å². The Bertz CT molecular complexity index is 1460. The van der Waals surface area contributed by atoms with Gasteiger partial charge in [0, 0.05) is 43.8 Å². The van der Waals surface area contributed by atoms with Gasteiger partial charge < -0.3 is 15.5 Å². The maximum atomic E-state index is 15.3. The molecule has 0 radical (unpaired) electrons. The predicted octanol–water partition coefficient (Wildman–Crippen LogP) is 6.80. The van der Waals surface area contributed by atoms with Crippen molar-refractivity contribution in [3.63, 3.8) is 0 Å². The second-order valence-corrected chi connectivity index (χ2v) is 11.8. The Labute approximate surface area is 259 Å². The summed E-state index contributed by atoms with van der Waals surface area (Å²) in [6, 6.07) is 21.1. The first-order chi connectivity index (χ1) is 21.4. The van der Waals surface area contributed by atoms with Gasteiger partial charge in [-0.15, -0.1) is 0 Å². The molecule has 2 fully saturated rings. The Kier molecular flexibility index (Phi) is 9.35. The highest BCUT2D eigenvalue weighted by Crippen LogP contribution is 2.52. The summed E-state index contributed by atoms with van der Waals surface area (Å²) in [6.45, 7) is 4.78. The highest BCUT2D eigenvalue weighted by molar-refractivity contribution is 6.01. The number of likely N-dealkylation sites (N-methyl/N-ethyl adjacent to an activating group) is 1. The molecule has 3 aromatic carbocycles. The van der Waals surface area contributed by atoms with Crippen LogP contribution in [0.4, 0.5) is 32.0 Å². The molecule has 242 valence electrons. The minimum absolute atomic E-state index is 0.244. The third-order valence-corrected chi connectivity index (χ3v) is 9.66. The number of anilines is 1. The molecule has 3 aromatic rings. The van der Waals surface area contributed by atoms with Crippen molar-refractivity contribution >= 4 is 11.6 Å². The fourth-order valence-electron chi connectivity index (χ4n) is 7.60. The van der Waals surface area contributed by atoms with Crippen LogP contribution in [0.2, 0.25) is 0 Å². The van der Waals surface area contributed by atoms with Crippen LogP contribution in [0.5, 0.6) is 0 Å². The van der Waals surface area contributed by atoms with Crippen molar-refractivity contribution in [2.24, 2.45) is 0 Å². The predicted molar refractivity (Wildman–Crippen MR) is 162 cm³/mol. The molecule has 0 bridgehead atoms. The second-order valence-electron chi connectivity index (χ2n) is 11.8. The van der Waals surface area contributed by atoms with E-state index in [1.54, 1.807) is 0 Å². The summed E-state index contributed by atoms with van der Waals surface area (Å²) in [4.78, 5) is 18.7. The topological polar surface area (TPSA) is 47.6 Å². The van der Waals surface area contributed by atoms with E-state index in [1.165, 1.54) is 7.05 Å². The van der Waals surface area contributed by atoms with Gasteiger partial charge in [-0.1, -0.05) is 67.6 Å². The lowest BCUT2D eigenvalue weighted by Gasteiger charge is -2.60. The first-order valence-electron chi connectivity index (χ1n) is 15.2. The van der Waals surface area contributed by atoms with Crippen molar-refractivity contribution in [1.82, 2.24) is 15.5 Å². The SMILES string of the molecule is CCC(C(=O)N(C)c1ccc(C(F)(F)F)c(C(F)(F)F)c1)(N1CCNCC1c1ccccc1)C1(c2ccccc2)CCNCC1. The zero-order valence-electron chi connectivity index (χ0n) is 25.3. The third kappa shape index (κ3) is 5.97. The van der Waals surface area contributed by atoms with Crippen molar-refractivity contribution in [1.29, 1.82) is 0 Å². The molecule has 0 aliphatic carbocycles. The molecule has 0 spiro atoms. The fourth-order valence-corrected chi connectivity index (χ4v) is 7.60. The molecule has 5 rings (SSSR count). The normalized spacial score (nSPS) is 20.8. The highest BCUT2D eigenvalue weighted by Gasteiger charge is 2.62. The number of alkyl halides is 6. The molecule has 2 N–H and O–H groups in total. The zero-order valence-corrected chi connectivity index (χ0v) is 25.3. The van der Waals surface area contributed by atoms with Crippen molar-refractivity contribution in [3.05, 3.63) is 101 Å². The molecule has 0 saturated carbocycles. The van der Waals surface area contributed by atoms with E-state index in [9.17, 15) is 26.3 Å². The summed E-state index contributed by atoms with van der Waals surface area (Å²) in [5.41, 5.74) is -3.95. The van der Waals surface area contributed by atoms with Crippen LogP contribution in [0.25, 0.3) is 0 Å². The van der Waals surface area contributed by atoms with E-state index >= 15 is 4.79 Å². The van der Waals surface area contributed by atoms with Gasteiger partial charge in [-0.3, -0.25) is 9.69 Å². The van der Waals surface area contributed by atoms with E-state index in [4.69, 9.17) is 0 Å². The van der Waals surface area contributed by atoms with Gasteiger partial charge in [0.25, 0.3) is 0 Å². The maximum absolute atomic E-state index is 15.3. The molecule has 0 aromatic heterocycles. The lowest BCUT2D eigenvalue weighted by atomic mass is 9.57. The standard InChI is InChI=1S/C34H38F6N4O/c1-3-32(31(16-18-41-19-17-31)25-12-8-5-9-13-25,44-21-20-42-23-29(44)24-10-6-4-7-11-24)30(45)43(2)26-14-15-27(33(35,36)37)28(22-26)34(38,39)40/h4-15,22,29,41-42H,3,16-21,23H2,1-2H3. The first kappa shape index (κ1) is 33.0. The number of nitrogens with zero attached hydrogens (tertiary/aromatic N) is 2. The Balaban J connectivity index is 1.74. The number of piperazine rings is 1. The molecule has 2 unspecified atom stereocenters. The van der Waals surface area contributed by atoms with E-state index in [2.05, 4.69) is 15.5 Å². The Morgan fingerprint density at radius 3 is 2.02 bits per heavy atom. The van der Waals surface area contributed by atoms with E-state index in [1.807, 2.05) is 67.6 Å². The van der Waals surface area contributed by atoms with Gasteiger partial charge in [0.15, 0.2) is 0 Å². The summed E-state index contributed by atoms with van der Waals surface area (Å²) < 4.78 is 82.9. The third-order valence-electron chi connectivity index (χ3n) is 9.66. The molecule has 1 amide bonds. The van der Waals surface area contributed by atoms with Crippen LogP contribution in [0.15, 0.2) is 78.9 Å². The molecule has 2 aliphatic heterocycles. The minimum Gasteiger partial charge on any atom is -0.317 e. The number of hydrogen-bond donors (Lipinski definition) is 2. The number of hydrogen-bond acceptors (Lipinski definition) is 4. The number of piperidine rings is 1. The number of carbonyl (C=O) groups is 1. The van der Waals surface area contributed by atoms with Gasteiger partial charge in [-0.2, -0.15) is 26.3 Å². The maximum Gasteiger partial charge on any atom is 0.417 e. The molecule has 2 heterocycles. The Morgan fingerprint density at radius 1 is 0.844 bits per heavy atom. The molecular weight excluding hydrogens is 594 g/mol. The monoisotopic (exact) mass is 632 g/mol. The number of rotatable bonds is 7. The quantitative estimate of drug-likeness (QED) is 0.282. The summed E-state index contributed by atoms with van der Waals surface area (Å²) in [6.07, 6.45) is -9.01. The van der Waals surface area contributed by atoms with Gasteiger partial charge in [-0.05, 0) is 61.7 Å². The second kappa shape index (κ2) is 12.8. The Hall–Kier alpha value is -3.41. The minimum atomic E-state index is -5.27. The van der Waals surface area contributed by atoms with Gasteiger partial charge in [-0.25, -0.2) is 0 Å². The molecule has 45 heavy (non-hydrogen) atoms. The van der Waals surface area contributed by atoms with Crippen LogP contribution in [-0.2, 0) is 22.6 Å². The van der Waals surface area contributed by atoms with E-state index in [0.717, 1.165) is 22.1 Å². The van der Waals surface area contributed by atoms with Crippen LogP contribution in [0.1, 0.15) is 54.5 Å². The van der Waals surface area contributed by atoms with Gasteiger partial charge in [0.1, 0.15) is 5.54 Å². The number of halogens is 6. The highest BCUT2D eigenvalue weighted by atomic mass is 19.4. The number of benzene rings is 3. The van der Waals surface area contributed by atoms with Crippen LogP contribution in [0, 0.1) is 0 Å². The van der Waals surface area contributed by atoms with Crippen LogP contribution < -0.4 is 15.5 Å². The summed E-state index contributed by atoms with van der Waals surface area (Å²) in [5, 5.41) is 6.86. The number of nitrogens with one attached hydrogen (secondary N) is 2. The zero-order chi connectivity index (χ0) is 32.5. The average molecular weight is 633 g/mol. The first-order valence-corrected chi connectivity index (χ1v) is 15.2. The van der Waals surface area contributed by atoms with Crippen molar-refractivity contribution < 1.29 is 31.1 Å². The van der Waals surface area contributed by atoms with Crippen LogP contribution >= 0.6 is 0 Å². The summed E-state index contributed by atoms with van der Waals surface area (Å²) >= 11 is 0. The lowest BCUT2D eigenvalue weighted by Crippen LogP contribution is -2.73. The number of carbonyl (C=O) groups excluding carboxylic acids is 1. The van der Waals surface area contributed by atoms with Gasteiger partial charge >= 0.3 is 12.4 Å². The average Bonchev–Trinajstić information content (AvgIpc) is 3.05. The molecule has 11 heteroatoms. The summed E-state index contributed by atoms with van der Waals surface area (Å²) in [5.74, 6) is -0.452. The molecule has 2 aliphatic rings. The molecule has 2 saturated heterocycles. The lowest BCUT2D eigenvalue weighted by molar-refractivity contribution is -0.162. The molecule has 2 atom stereocenters. The van der Waals surface area contributed by atoms with Gasteiger partial charge in [0.2, 0.25) is 5.91 Å². The smallest absolute Gasteiger partial charge is 0.317 e. The van der Waals surface area contributed by atoms with E-state index < -0.39 is 40.3 Å². The van der Waals surface area contributed by atoms with Crippen molar-refractivity contribution in [2.75, 3.05) is 44.7 Å². The van der Waals surface area contributed by atoms with Crippen molar-refractivity contribution in [3.8, 4) is 0 Å². The van der Waals surface area contributed by atoms with E-state index in [0.29, 0.717) is 64.1 Å². The number of amides is 1. The Morgan fingerprint density at radius 2 is 1.44 bits per heavy atom. The molecule has 5 nitrogen and oxygen atoms in total. The van der Waals surface area contributed by atoms with E-state index in [-0.39, 0.29) is 11.7 Å². The summed E-state index contributed by atoms with van der Waals surface area (Å²) in [7, 11) is 1.37. The van der Waals surface area contributed by atoms with Gasteiger partial charge in [0.05, 0.1) is 11.1 Å². The fraction of sp³-hybridized carbons (Fsp3) is 0.441.